The van der Waals surface area contributed by atoms with Crippen LogP contribution in [0.4, 0.5) is 15.9 Å². The van der Waals surface area contributed by atoms with Crippen LogP contribution in [0.25, 0.3) is 10.2 Å². The predicted octanol–water partition coefficient (Wildman–Crippen LogP) is 4.23. The first-order valence-corrected chi connectivity index (χ1v) is 10.0. The number of methoxy groups -OCH3 is 1. The summed E-state index contributed by atoms with van der Waals surface area (Å²) in [6.45, 7) is 3.01. The molecule has 3 heterocycles. The largest absolute Gasteiger partial charge is 0.486 e. The Morgan fingerprint density at radius 2 is 2.24 bits per heavy atom. The Bertz CT molecular complexity index is 1050. The molecule has 0 saturated carbocycles. The monoisotopic (exact) mass is 417 g/mol. The van der Waals surface area contributed by atoms with E-state index in [-0.39, 0.29) is 6.10 Å². The van der Waals surface area contributed by atoms with E-state index in [0.29, 0.717) is 45.6 Å². The summed E-state index contributed by atoms with van der Waals surface area (Å²) in [5.41, 5.74) is 1.30. The van der Waals surface area contributed by atoms with Crippen LogP contribution in [0.15, 0.2) is 24.5 Å². The quantitative estimate of drug-likeness (QED) is 0.622. The number of ether oxygens (including phenoxy) is 3. The molecule has 0 aliphatic carbocycles. The molecular formula is C20H20FN3O4S. The lowest BCUT2D eigenvalue weighted by molar-refractivity contribution is 0.00763. The molecule has 0 unspecified atom stereocenters. The number of carbonyl (C=O) groups is 1. The molecule has 0 radical (unpaired) electrons. The summed E-state index contributed by atoms with van der Waals surface area (Å²) in [4.78, 5) is 21.8. The van der Waals surface area contributed by atoms with Crippen LogP contribution in [0.5, 0.6) is 5.75 Å². The zero-order valence-corrected chi connectivity index (χ0v) is 16.8. The minimum absolute atomic E-state index is 0.134. The number of esters is 1. The lowest BCUT2D eigenvalue weighted by Crippen LogP contribution is -2.28. The zero-order chi connectivity index (χ0) is 20.4. The van der Waals surface area contributed by atoms with Gasteiger partial charge in [0.2, 0.25) is 0 Å². The minimum Gasteiger partial charge on any atom is -0.486 e. The normalized spacial score (nSPS) is 16.6. The number of rotatable bonds is 5. The van der Waals surface area contributed by atoms with Gasteiger partial charge in [0.15, 0.2) is 0 Å². The molecule has 1 aliphatic rings. The Morgan fingerprint density at radius 1 is 1.38 bits per heavy atom. The van der Waals surface area contributed by atoms with Gasteiger partial charge in [0.05, 0.1) is 24.8 Å². The Balaban J connectivity index is 1.70. The molecular weight excluding hydrogens is 397 g/mol. The molecule has 0 bridgehead atoms. The zero-order valence-electron chi connectivity index (χ0n) is 16.0. The van der Waals surface area contributed by atoms with Gasteiger partial charge in [-0.2, -0.15) is 0 Å². The van der Waals surface area contributed by atoms with Gasteiger partial charge in [0, 0.05) is 12.7 Å². The summed E-state index contributed by atoms with van der Waals surface area (Å²) < 4.78 is 30.2. The summed E-state index contributed by atoms with van der Waals surface area (Å²) in [7, 11) is 1.34. The number of halogens is 1. The highest BCUT2D eigenvalue weighted by Gasteiger charge is 2.21. The Morgan fingerprint density at radius 3 is 3.00 bits per heavy atom. The molecule has 1 aliphatic heterocycles. The number of aryl methyl sites for hydroxylation is 1. The number of benzene rings is 1. The average Bonchev–Trinajstić information content (AvgIpc) is 3.08. The van der Waals surface area contributed by atoms with Crippen molar-refractivity contribution in [2.75, 3.05) is 25.6 Å². The van der Waals surface area contributed by atoms with E-state index in [1.807, 2.05) is 6.92 Å². The third-order valence-electron chi connectivity index (χ3n) is 4.71. The smallest absolute Gasteiger partial charge is 0.348 e. The van der Waals surface area contributed by atoms with Crippen LogP contribution in [-0.2, 0) is 9.47 Å². The van der Waals surface area contributed by atoms with Gasteiger partial charge in [-0.25, -0.2) is 19.2 Å². The summed E-state index contributed by atoms with van der Waals surface area (Å²) in [5.74, 6) is 0.0814. The first kappa shape index (κ1) is 19.5. The number of nitrogens with zero attached hydrogens (tertiary/aromatic N) is 2. The minimum atomic E-state index is -0.417. The number of anilines is 2. The van der Waals surface area contributed by atoms with Gasteiger partial charge in [-0.3, -0.25) is 0 Å². The van der Waals surface area contributed by atoms with Crippen molar-refractivity contribution in [3.05, 3.63) is 40.8 Å². The molecule has 2 aromatic heterocycles. The van der Waals surface area contributed by atoms with Crippen molar-refractivity contribution in [1.29, 1.82) is 0 Å². The first-order valence-electron chi connectivity index (χ1n) is 9.20. The highest BCUT2D eigenvalue weighted by atomic mass is 32.1. The fourth-order valence-corrected chi connectivity index (χ4v) is 4.33. The van der Waals surface area contributed by atoms with Gasteiger partial charge in [-0.05, 0) is 37.5 Å². The van der Waals surface area contributed by atoms with Crippen LogP contribution >= 0.6 is 11.3 Å². The van der Waals surface area contributed by atoms with Gasteiger partial charge in [-0.1, -0.05) is 0 Å². The van der Waals surface area contributed by atoms with Crippen LogP contribution < -0.4 is 10.1 Å². The number of hydrogen-bond donors (Lipinski definition) is 1. The molecule has 1 fully saturated rings. The standard InChI is InChI=1S/C20H20FN3O4S/c1-11-16-18(22-10-23-19(16)29-17(11)20(25)26-2)24-14-6-5-12(21)8-15(14)28-13-4-3-7-27-9-13/h5-6,8,10,13H,3-4,7,9H2,1-2H3,(H,22,23,24)/t13-/m1/s1. The van der Waals surface area contributed by atoms with Crippen molar-refractivity contribution >= 4 is 39.0 Å². The fraction of sp³-hybridized carbons (Fsp3) is 0.350. The van der Waals surface area contributed by atoms with Crippen molar-refractivity contribution in [3.8, 4) is 5.75 Å². The van der Waals surface area contributed by atoms with Crippen LogP contribution in [0, 0.1) is 12.7 Å². The number of nitrogens with one attached hydrogen (secondary N) is 1. The number of fused-ring (bicyclic) bond motifs is 1. The van der Waals surface area contributed by atoms with E-state index < -0.39 is 11.8 Å². The molecule has 9 heteroatoms. The maximum Gasteiger partial charge on any atom is 0.348 e. The van der Waals surface area contributed by atoms with E-state index in [0.717, 1.165) is 18.4 Å². The van der Waals surface area contributed by atoms with E-state index in [1.54, 1.807) is 6.07 Å². The average molecular weight is 417 g/mol. The number of aromatic nitrogens is 2. The topological polar surface area (TPSA) is 82.6 Å². The van der Waals surface area contributed by atoms with Crippen molar-refractivity contribution in [2.24, 2.45) is 0 Å². The Labute approximate surface area is 170 Å². The Kier molecular flexibility index (Phi) is 5.59. The van der Waals surface area contributed by atoms with E-state index in [2.05, 4.69) is 15.3 Å². The molecule has 4 rings (SSSR count). The lowest BCUT2D eigenvalue weighted by Gasteiger charge is -2.24. The highest BCUT2D eigenvalue weighted by molar-refractivity contribution is 7.20. The third kappa shape index (κ3) is 4.01. The third-order valence-corrected chi connectivity index (χ3v) is 5.89. The molecule has 152 valence electrons. The molecule has 0 spiro atoms. The van der Waals surface area contributed by atoms with Gasteiger partial charge < -0.3 is 19.5 Å². The second-order valence-electron chi connectivity index (χ2n) is 6.67. The highest BCUT2D eigenvalue weighted by Crippen LogP contribution is 2.37. The molecule has 1 N–H and O–H groups in total. The van der Waals surface area contributed by atoms with Gasteiger partial charge in [-0.15, -0.1) is 11.3 Å². The SMILES string of the molecule is COC(=O)c1sc2ncnc(Nc3ccc(F)cc3O[C@@H]3CCCOC3)c2c1C. The van der Waals surface area contributed by atoms with Gasteiger partial charge in [0.1, 0.15) is 39.5 Å². The van der Waals surface area contributed by atoms with Crippen LogP contribution in [0.1, 0.15) is 28.1 Å². The summed E-state index contributed by atoms with van der Waals surface area (Å²) in [6, 6.07) is 4.30. The predicted molar refractivity (Wildman–Crippen MR) is 108 cm³/mol. The number of thiophene rings is 1. The molecule has 7 nitrogen and oxygen atoms in total. The van der Waals surface area contributed by atoms with Crippen molar-refractivity contribution < 1.29 is 23.4 Å². The van der Waals surface area contributed by atoms with Crippen molar-refractivity contribution in [3.63, 3.8) is 0 Å². The second kappa shape index (κ2) is 8.30. The van der Waals surface area contributed by atoms with Crippen LogP contribution in [0.3, 0.4) is 0 Å². The summed E-state index contributed by atoms with van der Waals surface area (Å²) >= 11 is 1.24. The van der Waals surface area contributed by atoms with E-state index in [1.165, 1.54) is 36.9 Å². The van der Waals surface area contributed by atoms with Crippen molar-refractivity contribution in [2.45, 2.75) is 25.9 Å². The lowest BCUT2D eigenvalue weighted by atomic mass is 10.1. The molecule has 1 aromatic carbocycles. The first-order chi connectivity index (χ1) is 14.1. The maximum absolute atomic E-state index is 13.9. The molecule has 1 atom stereocenters. The second-order valence-corrected chi connectivity index (χ2v) is 7.67. The fourth-order valence-electron chi connectivity index (χ4n) is 3.26. The molecule has 1 saturated heterocycles. The Hall–Kier alpha value is -2.78. The molecule has 0 amide bonds. The van der Waals surface area contributed by atoms with Crippen molar-refractivity contribution in [1.82, 2.24) is 9.97 Å². The molecule has 29 heavy (non-hydrogen) atoms. The van der Waals surface area contributed by atoms with Crippen LogP contribution in [-0.4, -0.2) is 42.4 Å². The van der Waals surface area contributed by atoms with Crippen LogP contribution in [0.2, 0.25) is 0 Å². The van der Waals surface area contributed by atoms with Gasteiger partial charge in [0.25, 0.3) is 0 Å². The van der Waals surface area contributed by atoms with E-state index >= 15 is 0 Å². The van der Waals surface area contributed by atoms with E-state index in [4.69, 9.17) is 14.2 Å². The van der Waals surface area contributed by atoms with Gasteiger partial charge >= 0.3 is 5.97 Å². The summed E-state index contributed by atoms with van der Waals surface area (Å²) in [6.07, 6.45) is 3.03. The van der Waals surface area contributed by atoms with E-state index in [9.17, 15) is 9.18 Å². The maximum atomic E-state index is 13.9. The number of carbonyl (C=O) groups excluding carboxylic acids is 1. The summed E-state index contributed by atoms with van der Waals surface area (Å²) in [5, 5.41) is 3.93. The molecule has 3 aromatic rings. The number of hydrogen-bond acceptors (Lipinski definition) is 8.